The number of rotatable bonds is 8. The summed E-state index contributed by atoms with van der Waals surface area (Å²) in [5.74, 6) is 1.57. The van der Waals surface area contributed by atoms with Crippen LogP contribution in [0.15, 0.2) is 48.5 Å². The average Bonchev–Trinajstić information content (AvgIpc) is 2.69. The van der Waals surface area contributed by atoms with E-state index in [4.69, 9.17) is 14.2 Å². The summed E-state index contributed by atoms with van der Waals surface area (Å²) in [4.78, 5) is 14.6. The van der Waals surface area contributed by atoms with E-state index >= 15 is 0 Å². The second kappa shape index (κ2) is 9.67. The van der Waals surface area contributed by atoms with Crippen molar-refractivity contribution in [1.82, 2.24) is 4.90 Å². The highest BCUT2D eigenvalue weighted by Gasteiger charge is 2.16. The second-order valence-corrected chi connectivity index (χ2v) is 6.34. The summed E-state index contributed by atoms with van der Waals surface area (Å²) >= 11 is 0. The predicted molar refractivity (Wildman–Crippen MR) is 107 cm³/mol. The van der Waals surface area contributed by atoms with Gasteiger partial charge in [-0.25, -0.2) is 0 Å². The Balaban J connectivity index is 2.23. The van der Waals surface area contributed by atoms with Gasteiger partial charge >= 0.3 is 0 Å². The Morgan fingerprint density at radius 1 is 1.00 bits per heavy atom. The van der Waals surface area contributed by atoms with Crippen LogP contribution in [0.25, 0.3) is 6.08 Å². The Hall–Kier alpha value is -2.95. The number of methoxy groups -OCH3 is 3. The summed E-state index contributed by atoms with van der Waals surface area (Å²) in [6.45, 7) is 4.58. The van der Waals surface area contributed by atoms with Crippen molar-refractivity contribution in [2.45, 2.75) is 26.4 Å². The third-order valence-electron chi connectivity index (χ3n) is 4.21. The molecule has 0 radical (unpaired) electrons. The maximum absolute atomic E-state index is 12.7. The van der Waals surface area contributed by atoms with Crippen LogP contribution in [0.5, 0.6) is 17.2 Å². The van der Waals surface area contributed by atoms with Crippen molar-refractivity contribution in [2.24, 2.45) is 0 Å². The number of amides is 1. The highest BCUT2D eigenvalue weighted by atomic mass is 16.5. The van der Waals surface area contributed by atoms with Gasteiger partial charge in [-0.15, -0.1) is 0 Å². The number of benzene rings is 2. The molecule has 5 nitrogen and oxygen atoms in total. The molecule has 0 aliphatic rings. The van der Waals surface area contributed by atoms with Crippen LogP contribution in [0, 0.1) is 0 Å². The minimum absolute atomic E-state index is 0.0531. The largest absolute Gasteiger partial charge is 0.493 e. The summed E-state index contributed by atoms with van der Waals surface area (Å²) in [6.07, 6.45) is 3.33. The molecule has 144 valence electrons. The molecule has 27 heavy (non-hydrogen) atoms. The smallest absolute Gasteiger partial charge is 0.247 e. The van der Waals surface area contributed by atoms with E-state index < -0.39 is 0 Å². The van der Waals surface area contributed by atoms with Gasteiger partial charge in [-0.3, -0.25) is 4.79 Å². The Labute approximate surface area is 161 Å². The topological polar surface area (TPSA) is 48.0 Å². The molecule has 2 aromatic rings. The lowest BCUT2D eigenvalue weighted by molar-refractivity contribution is -0.128. The first-order valence-corrected chi connectivity index (χ1v) is 8.82. The van der Waals surface area contributed by atoms with E-state index in [9.17, 15) is 4.79 Å². The van der Waals surface area contributed by atoms with E-state index in [1.165, 1.54) is 0 Å². The standard InChI is InChI=1S/C22H27NO4/c1-16(2)23(15-17-9-7-6-8-10-17)21(24)12-11-18-13-19(25-3)22(27-5)20(14-18)26-4/h6-14,16H,15H2,1-5H3/b12-11+. The molecule has 2 aromatic carbocycles. The lowest BCUT2D eigenvalue weighted by Gasteiger charge is -2.25. The number of ether oxygens (including phenoxy) is 3. The average molecular weight is 369 g/mol. The van der Waals surface area contributed by atoms with Crippen LogP contribution in [0.4, 0.5) is 0 Å². The lowest BCUT2D eigenvalue weighted by atomic mass is 10.1. The quantitative estimate of drug-likeness (QED) is 0.656. The van der Waals surface area contributed by atoms with Crippen molar-refractivity contribution in [1.29, 1.82) is 0 Å². The molecule has 0 aliphatic heterocycles. The molecule has 5 heteroatoms. The monoisotopic (exact) mass is 369 g/mol. The maximum Gasteiger partial charge on any atom is 0.247 e. The fraction of sp³-hybridized carbons (Fsp3) is 0.318. The molecule has 0 atom stereocenters. The van der Waals surface area contributed by atoms with Crippen LogP contribution in [0.1, 0.15) is 25.0 Å². The van der Waals surface area contributed by atoms with Crippen molar-refractivity contribution in [2.75, 3.05) is 21.3 Å². The maximum atomic E-state index is 12.7. The zero-order valence-electron chi connectivity index (χ0n) is 16.6. The van der Waals surface area contributed by atoms with Crippen LogP contribution in [-0.2, 0) is 11.3 Å². The van der Waals surface area contributed by atoms with Crippen molar-refractivity contribution in [3.63, 3.8) is 0 Å². The van der Waals surface area contributed by atoms with Gasteiger partial charge in [-0.2, -0.15) is 0 Å². The fourth-order valence-corrected chi connectivity index (χ4v) is 2.76. The number of nitrogens with zero attached hydrogens (tertiary/aromatic N) is 1. The number of carbonyl (C=O) groups is 1. The number of hydrogen-bond acceptors (Lipinski definition) is 4. The van der Waals surface area contributed by atoms with E-state index in [2.05, 4.69) is 0 Å². The molecule has 0 heterocycles. The zero-order chi connectivity index (χ0) is 19.8. The Kier molecular flexibility index (Phi) is 7.29. The van der Waals surface area contributed by atoms with Gasteiger partial charge in [0.25, 0.3) is 0 Å². The minimum atomic E-state index is -0.0531. The molecule has 0 aliphatic carbocycles. The number of hydrogen-bond donors (Lipinski definition) is 0. The van der Waals surface area contributed by atoms with E-state index in [1.807, 2.05) is 61.2 Å². The molecule has 0 spiro atoms. The molecule has 0 bridgehead atoms. The van der Waals surface area contributed by atoms with E-state index in [0.717, 1.165) is 11.1 Å². The summed E-state index contributed by atoms with van der Waals surface area (Å²) in [7, 11) is 4.69. The Morgan fingerprint density at radius 3 is 2.07 bits per heavy atom. The molecular formula is C22H27NO4. The van der Waals surface area contributed by atoms with Crippen LogP contribution < -0.4 is 14.2 Å². The fourth-order valence-electron chi connectivity index (χ4n) is 2.76. The van der Waals surface area contributed by atoms with Crippen LogP contribution in [0.2, 0.25) is 0 Å². The molecule has 0 saturated carbocycles. The molecule has 0 unspecified atom stereocenters. The minimum Gasteiger partial charge on any atom is -0.493 e. The van der Waals surface area contributed by atoms with Crippen LogP contribution in [-0.4, -0.2) is 38.2 Å². The third kappa shape index (κ3) is 5.26. The van der Waals surface area contributed by atoms with Crippen molar-refractivity contribution in [3.05, 3.63) is 59.7 Å². The van der Waals surface area contributed by atoms with Gasteiger partial charge < -0.3 is 19.1 Å². The van der Waals surface area contributed by atoms with E-state index in [1.54, 1.807) is 33.5 Å². The predicted octanol–water partition coefficient (Wildman–Crippen LogP) is 4.16. The molecule has 2 rings (SSSR count). The molecule has 1 amide bonds. The Bertz CT molecular complexity index is 759. The summed E-state index contributed by atoms with van der Waals surface area (Å²) in [6, 6.07) is 13.7. The number of carbonyl (C=O) groups excluding carboxylic acids is 1. The normalized spacial score (nSPS) is 10.9. The molecule has 0 fully saturated rings. The van der Waals surface area contributed by atoms with Crippen LogP contribution >= 0.6 is 0 Å². The van der Waals surface area contributed by atoms with Gasteiger partial charge in [-0.1, -0.05) is 30.3 Å². The molecule has 0 saturated heterocycles. The molecule has 0 aromatic heterocycles. The first-order chi connectivity index (χ1) is 13.0. The van der Waals surface area contributed by atoms with Crippen molar-refractivity contribution < 1.29 is 19.0 Å². The second-order valence-electron chi connectivity index (χ2n) is 6.34. The van der Waals surface area contributed by atoms with Crippen LogP contribution in [0.3, 0.4) is 0 Å². The zero-order valence-corrected chi connectivity index (χ0v) is 16.6. The first-order valence-electron chi connectivity index (χ1n) is 8.82. The van der Waals surface area contributed by atoms with Gasteiger partial charge in [0.15, 0.2) is 11.5 Å². The SMILES string of the molecule is COc1cc(/C=C/C(=O)N(Cc2ccccc2)C(C)C)cc(OC)c1OC. The summed E-state index contributed by atoms with van der Waals surface area (Å²) in [5, 5.41) is 0. The summed E-state index contributed by atoms with van der Waals surface area (Å²) < 4.78 is 16.0. The molecule has 0 N–H and O–H groups in total. The summed E-state index contributed by atoms with van der Waals surface area (Å²) in [5.41, 5.74) is 1.89. The van der Waals surface area contributed by atoms with E-state index in [0.29, 0.717) is 23.8 Å². The van der Waals surface area contributed by atoms with Gasteiger partial charge in [0.1, 0.15) is 0 Å². The highest BCUT2D eigenvalue weighted by Crippen LogP contribution is 2.38. The lowest BCUT2D eigenvalue weighted by Crippen LogP contribution is -2.35. The Morgan fingerprint density at radius 2 is 1.59 bits per heavy atom. The van der Waals surface area contributed by atoms with Gasteiger partial charge in [0, 0.05) is 18.7 Å². The van der Waals surface area contributed by atoms with Crippen molar-refractivity contribution in [3.8, 4) is 17.2 Å². The van der Waals surface area contributed by atoms with E-state index in [-0.39, 0.29) is 11.9 Å². The first kappa shape index (κ1) is 20.4. The van der Waals surface area contributed by atoms with Gasteiger partial charge in [0.2, 0.25) is 11.7 Å². The highest BCUT2D eigenvalue weighted by molar-refractivity contribution is 5.92. The third-order valence-corrected chi connectivity index (χ3v) is 4.21. The van der Waals surface area contributed by atoms with Crippen molar-refractivity contribution >= 4 is 12.0 Å². The van der Waals surface area contributed by atoms with Gasteiger partial charge in [0.05, 0.1) is 21.3 Å². The van der Waals surface area contributed by atoms with Gasteiger partial charge in [-0.05, 0) is 43.2 Å². The molecular weight excluding hydrogens is 342 g/mol.